The van der Waals surface area contributed by atoms with E-state index in [1.165, 1.54) is 33.9 Å². The minimum Gasteiger partial charge on any atom is -0.503 e. The first-order valence-corrected chi connectivity index (χ1v) is 18.6. The molecule has 0 unspecified atom stereocenters. The van der Waals surface area contributed by atoms with Crippen LogP contribution >= 0.6 is 0 Å². The highest BCUT2D eigenvalue weighted by Gasteiger charge is 2.14. The summed E-state index contributed by atoms with van der Waals surface area (Å²) in [5.41, 5.74) is 9.46. The number of benzene rings is 4. The number of hydrogen-bond donors (Lipinski definition) is 1. The van der Waals surface area contributed by atoms with Crippen LogP contribution in [0.5, 0.6) is 11.5 Å². The van der Waals surface area contributed by atoms with Gasteiger partial charge in [-0.3, -0.25) is 9.48 Å². The lowest BCUT2D eigenvalue weighted by atomic mass is 9.88. The second-order valence-corrected chi connectivity index (χ2v) is 13.4. The molecule has 6 rings (SSSR count). The summed E-state index contributed by atoms with van der Waals surface area (Å²) in [5, 5.41) is 18.7. The van der Waals surface area contributed by atoms with Gasteiger partial charge in [-0.25, -0.2) is 0 Å². The zero-order valence-electron chi connectivity index (χ0n) is 31.0. The van der Waals surface area contributed by atoms with Crippen molar-refractivity contribution >= 4 is 16.8 Å². The fourth-order valence-electron chi connectivity index (χ4n) is 6.69. The van der Waals surface area contributed by atoms with Crippen LogP contribution in [0.1, 0.15) is 61.4 Å². The zero-order valence-corrected chi connectivity index (χ0v) is 31.0. The molecular formula is C45H49N5O3. The number of aromatic hydroxyl groups is 1. The number of nitrogens with zero attached hydrogens (tertiary/aromatic N) is 5. The van der Waals surface area contributed by atoms with Gasteiger partial charge in [0.1, 0.15) is 18.1 Å². The molecule has 0 spiro atoms. The Balaban J connectivity index is 0.995. The lowest BCUT2D eigenvalue weighted by molar-refractivity contribution is 0.326. The van der Waals surface area contributed by atoms with Crippen molar-refractivity contribution in [3.8, 4) is 22.8 Å². The van der Waals surface area contributed by atoms with E-state index < -0.39 is 0 Å². The highest BCUT2D eigenvalue weighted by Crippen LogP contribution is 2.35. The van der Waals surface area contributed by atoms with Gasteiger partial charge in [0.05, 0.1) is 18.4 Å². The minimum atomic E-state index is -0.330. The van der Waals surface area contributed by atoms with E-state index in [0.717, 1.165) is 74.4 Å². The molecule has 8 heteroatoms. The summed E-state index contributed by atoms with van der Waals surface area (Å²) in [6, 6.07) is 39.6. The standard InChI is InChI=1S/C45H49N5O3/c1-4-41(35-16-9-7-10-17-35)44(36-18-11-8-12-19-36)37-22-24-40(25-23-37)53-31-30-48(3)39-21-15-20-38(32-39)42-33-50(47-46-42)28-14-6-5-13-27-49-29-26-43(51)45(52)34(49)2/h7-12,15-26,29,32-33,52H,4-6,13-14,27-28,30-31H2,1-3H3/b44-41-. The number of aromatic nitrogens is 4. The Hall–Kier alpha value is -5.89. The Morgan fingerprint density at radius 1 is 0.792 bits per heavy atom. The van der Waals surface area contributed by atoms with E-state index in [1.807, 2.05) is 15.4 Å². The second-order valence-electron chi connectivity index (χ2n) is 13.4. The Labute approximate surface area is 312 Å². The van der Waals surface area contributed by atoms with Crippen molar-refractivity contribution in [3.05, 3.63) is 160 Å². The number of aryl methyl sites for hydroxylation is 2. The summed E-state index contributed by atoms with van der Waals surface area (Å²) in [6.07, 6.45) is 8.79. The summed E-state index contributed by atoms with van der Waals surface area (Å²) in [6.45, 7) is 6.86. The quantitative estimate of drug-likeness (QED) is 0.0752. The summed E-state index contributed by atoms with van der Waals surface area (Å²) < 4.78 is 10.1. The number of likely N-dealkylation sites (N-methyl/N-ethyl adjacent to an activating group) is 1. The zero-order chi connectivity index (χ0) is 37.0. The molecule has 53 heavy (non-hydrogen) atoms. The van der Waals surface area contributed by atoms with E-state index in [0.29, 0.717) is 12.3 Å². The fraction of sp³-hybridized carbons (Fsp3) is 0.267. The number of rotatable bonds is 17. The fourth-order valence-corrected chi connectivity index (χ4v) is 6.69. The third-order valence-corrected chi connectivity index (χ3v) is 9.75. The van der Waals surface area contributed by atoms with Gasteiger partial charge in [0, 0.05) is 43.7 Å². The molecule has 4 aromatic carbocycles. The molecule has 0 aliphatic rings. The van der Waals surface area contributed by atoms with Gasteiger partial charge >= 0.3 is 0 Å². The highest BCUT2D eigenvalue weighted by molar-refractivity contribution is 5.98. The monoisotopic (exact) mass is 707 g/mol. The number of unbranched alkanes of at least 4 members (excludes halogenated alkanes) is 3. The first kappa shape index (κ1) is 36.9. The van der Waals surface area contributed by atoms with Crippen molar-refractivity contribution in [1.29, 1.82) is 0 Å². The summed E-state index contributed by atoms with van der Waals surface area (Å²) >= 11 is 0. The highest BCUT2D eigenvalue weighted by atomic mass is 16.5. The van der Waals surface area contributed by atoms with Gasteiger partial charge in [-0.2, -0.15) is 0 Å². The van der Waals surface area contributed by atoms with Gasteiger partial charge in [0.25, 0.3) is 0 Å². The lowest BCUT2D eigenvalue weighted by Crippen LogP contribution is -2.23. The van der Waals surface area contributed by atoms with Gasteiger partial charge in [-0.15, -0.1) is 5.10 Å². The minimum absolute atomic E-state index is 0.158. The molecule has 8 nitrogen and oxygen atoms in total. The third-order valence-electron chi connectivity index (χ3n) is 9.75. The van der Waals surface area contributed by atoms with Gasteiger partial charge in [0.15, 0.2) is 5.75 Å². The van der Waals surface area contributed by atoms with Crippen LogP contribution in [0.2, 0.25) is 0 Å². The molecule has 0 amide bonds. The van der Waals surface area contributed by atoms with Crippen molar-refractivity contribution < 1.29 is 9.84 Å². The topological polar surface area (TPSA) is 85.4 Å². The number of anilines is 1. The van der Waals surface area contributed by atoms with Crippen molar-refractivity contribution in [3.63, 3.8) is 0 Å². The van der Waals surface area contributed by atoms with Gasteiger partial charge in [0.2, 0.25) is 5.43 Å². The molecule has 6 aromatic rings. The third kappa shape index (κ3) is 9.51. The predicted molar refractivity (Wildman–Crippen MR) is 215 cm³/mol. The van der Waals surface area contributed by atoms with Crippen LogP contribution in [0.3, 0.4) is 0 Å². The Kier molecular flexibility index (Phi) is 12.6. The second kappa shape index (κ2) is 18.0. The normalized spacial score (nSPS) is 11.7. The molecule has 0 saturated heterocycles. The van der Waals surface area contributed by atoms with Crippen LogP contribution in [0.4, 0.5) is 5.69 Å². The molecule has 0 saturated carbocycles. The van der Waals surface area contributed by atoms with E-state index in [2.05, 4.69) is 138 Å². The lowest BCUT2D eigenvalue weighted by Gasteiger charge is -2.20. The van der Waals surface area contributed by atoms with Crippen LogP contribution in [-0.4, -0.2) is 44.9 Å². The molecule has 0 atom stereocenters. The van der Waals surface area contributed by atoms with E-state index in [4.69, 9.17) is 4.74 Å². The van der Waals surface area contributed by atoms with Gasteiger partial charge in [-0.05, 0) is 78.3 Å². The molecule has 2 heterocycles. The molecule has 0 fully saturated rings. The largest absolute Gasteiger partial charge is 0.503 e. The first-order chi connectivity index (χ1) is 25.9. The maximum Gasteiger partial charge on any atom is 0.223 e. The number of pyridine rings is 1. The van der Waals surface area contributed by atoms with Gasteiger partial charge < -0.3 is 19.3 Å². The maximum absolute atomic E-state index is 11.6. The molecule has 1 N–H and O–H groups in total. The van der Waals surface area contributed by atoms with E-state index in [9.17, 15) is 9.90 Å². The summed E-state index contributed by atoms with van der Waals surface area (Å²) in [4.78, 5) is 13.8. The van der Waals surface area contributed by atoms with Gasteiger partial charge in [-0.1, -0.05) is 110 Å². The average Bonchev–Trinajstić information content (AvgIpc) is 3.68. The Morgan fingerprint density at radius 2 is 1.47 bits per heavy atom. The van der Waals surface area contributed by atoms with Crippen LogP contribution < -0.4 is 15.1 Å². The molecule has 272 valence electrons. The van der Waals surface area contributed by atoms with E-state index >= 15 is 0 Å². The SMILES string of the molecule is CC/C(=C(\c1ccccc1)c1ccc(OCCN(C)c2cccc(-c3cn(CCCCCCn4ccc(=O)c(O)c4C)nn3)c2)cc1)c1ccccc1. The molecular weight excluding hydrogens is 659 g/mol. The molecule has 0 aliphatic heterocycles. The maximum atomic E-state index is 11.6. The smallest absolute Gasteiger partial charge is 0.223 e. The van der Waals surface area contributed by atoms with E-state index in [1.54, 1.807) is 13.1 Å². The van der Waals surface area contributed by atoms with Crippen molar-refractivity contribution in [2.24, 2.45) is 0 Å². The first-order valence-electron chi connectivity index (χ1n) is 18.6. The summed E-state index contributed by atoms with van der Waals surface area (Å²) in [7, 11) is 2.08. The van der Waals surface area contributed by atoms with Crippen LogP contribution in [0.15, 0.2) is 132 Å². The number of hydrogen-bond acceptors (Lipinski definition) is 6. The molecule has 0 aliphatic carbocycles. The molecule has 0 bridgehead atoms. The van der Waals surface area contributed by atoms with Crippen molar-refractivity contribution in [2.45, 2.75) is 59.0 Å². The Bertz CT molecular complexity index is 2150. The Morgan fingerprint density at radius 3 is 2.19 bits per heavy atom. The van der Waals surface area contributed by atoms with Crippen molar-refractivity contribution in [2.75, 3.05) is 25.1 Å². The van der Waals surface area contributed by atoms with Crippen LogP contribution in [-0.2, 0) is 13.1 Å². The molecule has 0 radical (unpaired) electrons. The molecule has 2 aromatic heterocycles. The van der Waals surface area contributed by atoms with Crippen LogP contribution in [0.25, 0.3) is 22.4 Å². The predicted octanol–water partition coefficient (Wildman–Crippen LogP) is 9.27. The average molecular weight is 708 g/mol. The van der Waals surface area contributed by atoms with Crippen molar-refractivity contribution in [1.82, 2.24) is 19.6 Å². The number of ether oxygens (including phenoxy) is 1. The van der Waals surface area contributed by atoms with E-state index in [-0.39, 0.29) is 11.2 Å². The summed E-state index contributed by atoms with van der Waals surface area (Å²) in [5.74, 6) is 0.691. The number of allylic oxidation sites excluding steroid dienone is 1. The van der Waals surface area contributed by atoms with Crippen LogP contribution in [0, 0.1) is 6.92 Å².